The minimum Gasteiger partial charge on any atom is -0.491 e. The van der Waals surface area contributed by atoms with Crippen molar-refractivity contribution in [3.8, 4) is 17.2 Å². The van der Waals surface area contributed by atoms with E-state index in [1.165, 1.54) is 18.7 Å². The van der Waals surface area contributed by atoms with Gasteiger partial charge < -0.3 is 13.9 Å². The third-order valence-corrected chi connectivity index (χ3v) is 3.44. The fraction of sp³-hybridized carbons (Fsp3) is 0.400. The predicted octanol–water partition coefficient (Wildman–Crippen LogP) is 1.66. The molecule has 0 atom stereocenters. The molecule has 2 aromatic rings. The summed E-state index contributed by atoms with van der Waals surface area (Å²) in [6.45, 7) is 2.15. The van der Waals surface area contributed by atoms with Crippen LogP contribution in [0.4, 0.5) is 0 Å². The molecule has 0 aliphatic heterocycles. The van der Waals surface area contributed by atoms with Crippen LogP contribution >= 0.6 is 0 Å². The van der Waals surface area contributed by atoms with E-state index >= 15 is 0 Å². The van der Waals surface area contributed by atoms with E-state index < -0.39 is 16.1 Å². The number of nitrogens with zero attached hydrogens (tertiary/aromatic N) is 2. The smallest absolute Gasteiger partial charge is 0.360 e. The molecule has 0 N–H and O–H groups in total. The van der Waals surface area contributed by atoms with Crippen LogP contribution in [0.1, 0.15) is 23.8 Å². The van der Waals surface area contributed by atoms with E-state index in [1.807, 2.05) is 0 Å². The molecule has 0 saturated carbocycles. The zero-order chi connectivity index (χ0) is 18.3. The predicted molar refractivity (Wildman–Crippen MR) is 86.6 cm³/mol. The quantitative estimate of drug-likeness (QED) is 0.369. The molecule has 0 bridgehead atoms. The van der Waals surface area contributed by atoms with Gasteiger partial charge in [-0.05, 0) is 13.0 Å². The van der Waals surface area contributed by atoms with Crippen molar-refractivity contribution in [3.63, 3.8) is 0 Å². The van der Waals surface area contributed by atoms with Gasteiger partial charge in [0.1, 0.15) is 12.0 Å². The highest BCUT2D eigenvalue weighted by Crippen LogP contribution is 2.28. The van der Waals surface area contributed by atoms with Gasteiger partial charge in [-0.25, -0.2) is 9.78 Å². The highest BCUT2D eigenvalue weighted by atomic mass is 32.2. The minimum absolute atomic E-state index is 0.0143. The van der Waals surface area contributed by atoms with E-state index in [0.717, 1.165) is 6.26 Å². The first-order valence-electron chi connectivity index (χ1n) is 7.45. The van der Waals surface area contributed by atoms with Crippen molar-refractivity contribution in [2.45, 2.75) is 13.3 Å². The van der Waals surface area contributed by atoms with Gasteiger partial charge in [0.2, 0.25) is 5.89 Å². The molecule has 136 valence electrons. The topological polar surface area (TPSA) is 118 Å². The van der Waals surface area contributed by atoms with Crippen molar-refractivity contribution in [2.75, 3.05) is 26.1 Å². The summed E-state index contributed by atoms with van der Waals surface area (Å²) in [5.74, 6) is -0.00102. The van der Waals surface area contributed by atoms with Gasteiger partial charge in [0.15, 0.2) is 5.69 Å². The summed E-state index contributed by atoms with van der Waals surface area (Å²) in [5.41, 5.74) is 0.566. The van der Waals surface area contributed by atoms with Crippen molar-refractivity contribution < 1.29 is 31.3 Å². The van der Waals surface area contributed by atoms with Crippen LogP contribution in [0.5, 0.6) is 5.75 Å². The van der Waals surface area contributed by atoms with Crippen LogP contribution in [-0.2, 0) is 19.0 Å². The Morgan fingerprint density at radius 2 is 2.12 bits per heavy atom. The first kappa shape index (κ1) is 18.9. The molecule has 0 aromatic carbocycles. The molecule has 0 aliphatic rings. The second kappa shape index (κ2) is 8.58. The van der Waals surface area contributed by atoms with Gasteiger partial charge in [0.25, 0.3) is 10.1 Å². The van der Waals surface area contributed by atoms with Crippen molar-refractivity contribution in [2.24, 2.45) is 0 Å². The molecule has 2 rings (SSSR count). The molecular weight excluding hydrogens is 352 g/mol. The number of aromatic nitrogens is 2. The number of carbonyl (C=O) groups excluding carboxylic acids is 1. The summed E-state index contributed by atoms with van der Waals surface area (Å²) in [6.07, 6.45) is 5.56. The minimum atomic E-state index is -3.47. The van der Waals surface area contributed by atoms with E-state index in [4.69, 9.17) is 13.9 Å². The van der Waals surface area contributed by atoms with E-state index in [0.29, 0.717) is 17.7 Å². The van der Waals surface area contributed by atoms with Crippen LogP contribution in [0.25, 0.3) is 11.5 Å². The van der Waals surface area contributed by atoms with E-state index in [-0.39, 0.29) is 31.4 Å². The Morgan fingerprint density at radius 1 is 1.32 bits per heavy atom. The maximum atomic E-state index is 11.6. The maximum absolute atomic E-state index is 11.6. The van der Waals surface area contributed by atoms with E-state index in [9.17, 15) is 13.2 Å². The number of hydrogen-bond donors (Lipinski definition) is 0. The lowest BCUT2D eigenvalue weighted by molar-refractivity contribution is 0.0519. The molecular formula is C15H18N2O7S. The Morgan fingerprint density at radius 3 is 2.84 bits per heavy atom. The lowest BCUT2D eigenvalue weighted by Gasteiger charge is -2.08. The monoisotopic (exact) mass is 370 g/mol. The molecule has 25 heavy (non-hydrogen) atoms. The van der Waals surface area contributed by atoms with Crippen LogP contribution in [0.15, 0.2) is 29.1 Å². The summed E-state index contributed by atoms with van der Waals surface area (Å²) < 4.78 is 42.1. The second-order valence-electron chi connectivity index (χ2n) is 4.86. The highest BCUT2D eigenvalue weighted by molar-refractivity contribution is 7.85. The van der Waals surface area contributed by atoms with Gasteiger partial charge >= 0.3 is 5.97 Å². The zero-order valence-corrected chi connectivity index (χ0v) is 14.6. The fourth-order valence-corrected chi connectivity index (χ4v) is 2.24. The third kappa shape index (κ3) is 5.84. The number of carbonyl (C=O) groups is 1. The first-order valence-corrected chi connectivity index (χ1v) is 9.26. The summed E-state index contributed by atoms with van der Waals surface area (Å²) in [6, 6.07) is 1.63. The van der Waals surface area contributed by atoms with Crippen molar-refractivity contribution in [3.05, 3.63) is 30.4 Å². The number of ether oxygens (including phenoxy) is 2. The summed E-state index contributed by atoms with van der Waals surface area (Å²) in [4.78, 5) is 19.7. The Hall–Kier alpha value is -2.46. The molecule has 0 aliphatic carbocycles. The zero-order valence-electron chi connectivity index (χ0n) is 13.8. The maximum Gasteiger partial charge on any atom is 0.360 e. The normalized spacial score (nSPS) is 11.3. The number of pyridine rings is 1. The molecule has 0 amide bonds. The molecule has 2 aromatic heterocycles. The second-order valence-corrected chi connectivity index (χ2v) is 6.50. The standard InChI is InChI=1S/C15H18N2O7S/c1-3-21-15(18)12-10-23-14(17-12)11-5-6-16-9-13(11)22-7-4-8-24-25(2,19)20/h5-6,9-10H,3-4,7-8H2,1-2H3. The Bertz CT molecular complexity index is 817. The van der Waals surface area contributed by atoms with Gasteiger partial charge in [-0.3, -0.25) is 9.17 Å². The van der Waals surface area contributed by atoms with Gasteiger partial charge in [-0.15, -0.1) is 0 Å². The molecule has 2 heterocycles. The number of esters is 1. The number of hydrogen-bond acceptors (Lipinski definition) is 9. The third-order valence-electron chi connectivity index (χ3n) is 2.85. The van der Waals surface area contributed by atoms with Crippen LogP contribution in [-0.4, -0.2) is 50.4 Å². The Labute approximate surface area is 145 Å². The molecule has 0 fully saturated rings. The lowest BCUT2D eigenvalue weighted by atomic mass is 10.2. The van der Waals surface area contributed by atoms with Gasteiger partial charge in [0, 0.05) is 12.6 Å². The fourth-order valence-electron chi connectivity index (χ4n) is 1.82. The number of rotatable bonds is 9. The Kier molecular flexibility index (Phi) is 6.48. The summed E-state index contributed by atoms with van der Waals surface area (Å²) in [5, 5.41) is 0. The average Bonchev–Trinajstić information content (AvgIpc) is 3.04. The van der Waals surface area contributed by atoms with Crippen LogP contribution in [0.2, 0.25) is 0 Å². The van der Waals surface area contributed by atoms with Crippen molar-refractivity contribution in [1.82, 2.24) is 9.97 Å². The van der Waals surface area contributed by atoms with Gasteiger partial charge in [-0.1, -0.05) is 0 Å². The van der Waals surface area contributed by atoms with Crippen molar-refractivity contribution in [1.29, 1.82) is 0 Å². The largest absolute Gasteiger partial charge is 0.491 e. The molecule has 0 unspecified atom stereocenters. The van der Waals surface area contributed by atoms with Crippen LogP contribution in [0, 0.1) is 0 Å². The molecule has 0 spiro atoms. The highest BCUT2D eigenvalue weighted by Gasteiger charge is 2.17. The van der Waals surface area contributed by atoms with E-state index in [2.05, 4.69) is 14.2 Å². The Balaban J connectivity index is 2.02. The number of oxazole rings is 1. The summed E-state index contributed by atoms with van der Waals surface area (Å²) in [7, 11) is -3.47. The molecule has 0 radical (unpaired) electrons. The molecule has 0 saturated heterocycles. The SMILES string of the molecule is CCOC(=O)c1coc(-c2ccncc2OCCCOS(C)(=O)=O)n1. The van der Waals surface area contributed by atoms with Crippen LogP contribution in [0.3, 0.4) is 0 Å². The van der Waals surface area contributed by atoms with Gasteiger partial charge in [-0.2, -0.15) is 8.42 Å². The first-order chi connectivity index (χ1) is 11.9. The lowest BCUT2D eigenvalue weighted by Crippen LogP contribution is -2.08. The molecule has 10 heteroatoms. The van der Waals surface area contributed by atoms with Gasteiger partial charge in [0.05, 0.1) is 37.8 Å². The molecule has 9 nitrogen and oxygen atoms in total. The van der Waals surface area contributed by atoms with Crippen LogP contribution < -0.4 is 4.74 Å². The van der Waals surface area contributed by atoms with Crippen molar-refractivity contribution >= 4 is 16.1 Å². The van der Waals surface area contributed by atoms with E-state index in [1.54, 1.807) is 13.0 Å². The summed E-state index contributed by atoms with van der Waals surface area (Å²) >= 11 is 0. The average molecular weight is 370 g/mol.